The van der Waals surface area contributed by atoms with E-state index in [2.05, 4.69) is 229 Å². The second-order valence-electron chi connectivity index (χ2n) is 14.6. The highest BCUT2D eigenvalue weighted by Crippen LogP contribution is 2.48. The van der Waals surface area contributed by atoms with Gasteiger partial charge in [-0.1, -0.05) is 176 Å². The molecule has 0 amide bonds. The van der Waals surface area contributed by atoms with Crippen LogP contribution in [0.4, 0.5) is 5.69 Å². The fourth-order valence-electron chi connectivity index (χ4n) is 8.34. The van der Waals surface area contributed by atoms with Crippen LogP contribution in [0.2, 0.25) is 0 Å². The normalized spacial score (nSPS) is 16.1. The lowest BCUT2D eigenvalue weighted by Crippen LogP contribution is -2.22. The maximum Gasteiger partial charge on any atom is 0.0707 e. The Balaban J connectivity index is 1.21. The molecule has 0 saturated heterocycles. The van der Waals surface area contributed by atoms with Crippen molar-refractivity contribution < 1.29 is 0 Å². The zero-order valence-electron chi connectivity index (χ0n) is 30.9. The summed E-state index contributed by atoms with van der Waals surface area (Å²) < 4.78 is 0. The number of hydrogen-bond donors (Lipinski definition) is 2. The van der Waals surface area contributed by atoms with Crippen molar-refractivity contribution >= 4 is 33.3 Å². The first kappa shape index (κ1) is 33.4. The van der Waals surface area contributed by atoms with Crippen LogP contribution in [0.15, 0.2) is 218 Å². The predicted molar refractivity (Wildman–Crippen MR) is 236 cm³/mol. The Kier molecular flexibility index (Phi) is 8.70. The summed E-state index contributed by atoms with van der Waals surface area (Å²) in [5.41, 5.74) is 16.6. The second-order valence-corrected chi connectivity index (χ2v) is 14.6. The SMILES string of the molecule is C1=C(c2cc(-c3ccccc3)cc(-c3ccccc3)c2)NC(c2ccccc2)C=C1c1cc2ccccc2c2c1NC(c1ccccc1)C=C2c1ccccc1. The van der Waals surface area contributed by atoms with Crippen LogP contribution in [0, 0.1) is 0 Å². The molecule has 0 aromatic heterocycles. The zero-order valence-corrected chi connectivity index (χ0v) is 30.9. The molecule has 0 bridgehead atoms. The van der Waals surface area contributed by atoms with E-state index >= 15 is 0 Å². The van der Waals surface area contributed by atoms with Gasteiger partial charge in [0.05, 0.1) is 17.8 Å². The van der Waals surface area contributed by atoms with Gasteiger partial charge in [0.1, 0.15) is 0 Å². The number of dihydropyridines is 1. The molecule has 2 nitrogen and oxygen atoms in total. The maximum atomic E-state index is 4.07. The minimum Gasteiger partial charge on any atom is -0.374 e. The number of rotatable bonds is 7. The summed E-state index contributed by atoms with van der Waals surface area (Å²) in [6.07, 6.45) is 7.18. The molecule has 2 aliphatic heterocycles. The van der Waals surface area contributed by atoms with Gasteiger partial charge in [0, 0.05) is 16.8 Å². The molecule has 2 atom stereocenters. The molecule has 2 heterocycles. The summed E-state index contributed by atoms with van der Waals surface area (Å²) in [4.78, 5) is 0. The maximum absolute atomic E-state index is 4.07. The highest BCUT2D eigenvalue weighted by Gasteiger charge is 2.28. The third-order valence-corrected chi connectivity index (χ3v) is 11.1. The Bertz CT molecular complexity index is 2710. The van der Waals surface area contributed by atoms with Gasteiger partial charge in [-0.15, -0.1) is 0 Å². The van der Waals surface area contributed by atoms with Gasteiger partial charge in [0.15, 0.2) is 0 Å². The molecule has 2 heteroatoms. The van der Waals surface area contributed by atoms with Crippen molar-refractivity contribution in [2.24, 2.45) is 0 Å². The predicted octanol–water partition coefficient (Wildman–Crippen LogP) is 13.5. The van der Waals surface area contributed by atoms with Crippen molar-refractivity contribution in [3.63, 3.8) is 0 Å². The molecule has 8 aromatic carbocycles. The number of nitrogens with one attached hydrogen (secondary N) is 2. The summed E-state index contributed by atoms with van der Waals surface area (Å²) in [5.74, 6) is 0. The molecule has 2 unspecified atom stereocenters. The first-order valence-electron chi connectivity index (χ1n) is 19.4. The van der Waals surface area contributed by atoms with E-state index in [0.29, 0.717) is 0 Å². The lowest BCUT2D eigenvalue weighted by molar-refractivity contribution is 0.767. The van der Waals surface area contributed by atoms with E-state index in [1.165, 1.54) is 72.0 Å². The van der Waals surface area contributed by atoms with E-state index in [1.54, 1.807) is 0 Å². The minimum absolute atomic E-state index is 0.00881. The first-order chi connectivity index (χ1) is 27.7. The first-order valence-corrected chi connectivity index (χ1v) is 19.4. The minimum atomic E-state index is -0.0495. The molecule has 56 heavy (non-hydrogen) atoms. The fourth-order valence-corrected chi connectivity index (χ4v) is 8.34. The van der Waals surface area contributed by atoms with Crippen molar-refractivity contribution in [1.82, 2.24) is 5.32 Å². The summed E-state index contributed by atoms with van der Waals surface area (Å²) in [5, 5.41) is 10.5. The Labute approximate surface area is 328 Å². The van der Waals surface area contributed by atoms with Crippen LogP contribution in [-0.2, 0) is 0 Å². The summed E-state index contributed by atoms with van der Waals surface area (Å²) in [6, 6.07) is 72.0. The zero-order chi connectivity index (χ0) is 37.3. The van der Waals surface area contributed by atoms with Gasteiger partial charge in [-0.2, -0.15) is 0 Å². The topological polar surface area (TPSA) is 24.1 Å². The van der Waals surface area contributed by atoms with Crippen molar-refractivity contribution in [3.8, 4) is 22.3 Å². The largest absolute Gasteiger partial charge is 0.374 e. The van der Waals surface area contributed by atoms with Crippen LogP contribution in [-0.4, -0.2) is 0 Å². The van der Waals surface area contributed by atoms with Crippen LogP contribution < -0.4 is 10.6 Å². The number of allylic oxidation sites excluding steroid dienone is 2. The second kappa shape index (κ2) is 14.6. The van der Waals surface area contributed by atoms with Crippen molar-refractivity contribution in [2.45, 2.75) is 12.1 Å². The van der Waals surface area contributed by atoms with Gasteiger partial charge < -0.3 is 10.6 Å². The Morgan fingerprint density at radius 1 is 0.375 bits per heavy atom. The molecule has 8 aromatic rings. The summed E-state index contributed by atoms with van der Waals surface area (Å²) in [7, 11) is 0. The van der Waals surface area contributed by atoms with E-state index in [1.807, 2.05) is 0 Å². The van der Waals surface area contributed by atoms with Crippen LogP contribution in [0.5, 0.6) is 0 Å². The van der Waals surface area contributed by atoms with Gasteiger partial charge in [-0.3, -0.25) is 0 Å². The molecule has 10 rings (SSSR count). The van der Waals surface area contributed by atoms with Gasteiger partial charge in [-0.25, -0.2) is 0 Å². The van der Waals surface area contributed by atoms with Crippen molar-refractivity contribution in [3.05, 3.63) is 252 Å². The van der Waals surface area contributed by atoms with E-state index in [-0.39, 0.29) is 12.1 Å². The van der Waals surface area contributed by atoms with Crippen LogP contribution in [0.25, 0.3) is 49.9 Å². The molecular weight excluding hydrogens is 677 g/mol. The van der Waals surface area contributed by atoms with Gasteiger partial charge in [0.25, 0.3) is 0 Å². The molecule has 266 valence electrons. The Hall–Kier alpha value is -7.16. The Morgan fingerprint density at radius 2 is 0.857 bits per heavy atom. The fraction of sp³-hybridized carbons (Fsp3) is 0.0370. The van der Waals surface area contributed by atoms with E-state index in [9.17, 15) is 0 Å². The average molecular weight is 717 g/mol. The Morgan fingerprint density at radius 3 is 1.45 bits per heavy atom. The number of fused-ring (bicyclic) bond motifs is 3. The lowest BCUT2D eigenvalue weighted by atomic mass is 9.82. The van der Waals surface area contributed by atoms with E-state index in [4.69, 9.17) is 0 Å². The molecule has 0 fully saturated rings. The molecule has 2 N–H and O–H groups in total. The van der Waals surface area contributed by atoms with E-state index < -0.39 is 0 Å². The molecule has 0 aliphatic carbocycles. The monoisotopic (exact) mass is 716 g/mol. The molecular formula is C54H40N2. The van der Waals surface area contributed by atoms with Gasteiger partial charge in [0.2, 0.25) is 0 Å². The van der Waals surface area contributed by atoms with Crippen LogP contribution in [0.3, 0.4) is 0 Å². The summed E-state index contributed by atoms with van der Waals surface area (Å²) >= 11 is 0. The standard InChI is InChI=1S/C54H40N2/c1-6-18-37(19-7-1)43-30-44(38-20-8-2-9-21-38)32-46(31-43)51-35-45(34-50(55-51)40-24-12-4-13-25-40)49-33-42-28-16-17-29-47(42)53-48(39-22-10-3-11-23-39)36-52(56-54(49)53)41-26-14-5-15-27-41/h1-36,50,52,55-56H. The third-order valence-electron chi connectivity index (χ3n) is 11.1. The summed E-state index contributed by atoms with van der Waals surface area (Å²) in [6.45, 7) is 0. The number of anilines is 1. The molecule has 0 radical (unpaired) electrons. The average Bonchev–Trinajstić information content (AvgIpc) is 3.29. The van der Waals surface area contributed by atoms with Crippen molar-refractivity contribution in [2.75, 3.05) is 5.32 Å². The molecule has 0 saturated carbocycles. The third kappa shape index (κ3) is 6.42. The lowest BCUT2D eigenvalue weighted by Gasteiger charge is -2.32. The van der Waals surface area contributed by atoms with Crippen molar-refractivity contribution in [1.29, 1.82) is 0 Å². The quantitative estimate of drug-likeness (QED) is 0.172. The van der Waals surface area contributed by atoms with E-state index in [0.717, 1.165) is 16.9 Å². The van der Waals surface area contributed by atoms with Crippen LogP contribution in [0.1, 0.15) is 45.5 Å². The number of benzene rings is 8. The van der Waals surface area contributed by atoms with Crippen LogP contribution >= 0.6 is 0 Å². The number of hydrogen-bond acceptors (Lipinski definition) is 2. The van der Waals surface area contributed by atoms with Gasteiger partial charge >= 0.3 is 0 Å². The van der Waals surface area contributed by atoms with Gasteiger partial charge in [-0.05, 0) is 109 Å². The smallest absolute Gasteiger partial charge is 0.0707 e. The molecule has 2 aliphatic rings. The highest BCUT2D eigenvalue weighted by atomic mass is 14.9. The molecule has 0 spiro atoms. The highest BCUT2D eigenvalue weighted by molar-refractivity contribution is 6.09.